The predicted octanol–water partition coefficient (Wildman–Crippen LogP) is 4.90. The van der Waals surface area contributed by atoms with Crippen molar-refractivity contribution in [2.75, 3.05) is 0 Å². The molecule has 0 saturated heterocycles. The van der Waals surface area contributed by atoms with Crippen LogP contribution in [0.3, 0.4) is 0 Å². The Morgan fingerprint density at radius 2 is 1.84 bits per heavy atom. The van der Waals surface area contributed by atoms with E-state index >= 15 is 0 Å². The number of pyridine rings is 1. The van der Waals surface area contributed by atoms with Crippen molar-refractivity contribution in [1.29, 1.82) is 0 Å². The maximum absolute atomic E-state index is 4.40. The third-order valence-corrected chi connectivity index (χ3v) is 3.90. The van der Waals surface area contributed by atoms with Crippen molar-refractivity contribution in [2.45, 2.75) is 13.3 Å². The molecular weight excluding hydrogens is 298 g/mol. The first-order valence-electron chi connectivity index (χ1n) is 6.31. The number of halogens is 1. The van der Waals surface area contributed by atoms with Gasteiger partial charge >= 0.3 is 0 Å². The highest BCUT2D eigenvalue weighted by atomic mass is 79.9. The molecule has 0 aliphatic carbocycles. The molecule has 0 radical (unpaired) electrons. The van der Waals surface area contributed by atoms with E-state index in [1.807, 2.05) is 12.3 Å². The smallest absolute Gasteiger partial charge is 0.0704 e. The third-order valence-electron chi connectivity index (χ3n) is 3.37. The van der Waals surface area contributed by atoms with Crippen molar-refractivity contribution in [3.8, 4) is 0 Å². The molecular formula is C17H14BrN. The van der Waals surface area contributed by atoms with E-state index in [0.717, 1.165) is 16.4 Å². The van der Waals surface area contributed by atoms with Gasteiger partial charge in [0.15, 0.2) is 0 Å². The molecule has 0 aliphatic heterocycles. The van der Waals surface area contributed by atoms with E-state index in [0.29, 0.717) is 0 Å². The molecule has 0 saturated carbocycles. The van der Waals surface area contributed by atoms with Crippen LogP contribution >= 0.6 is 15.9 Å². The lowest BCUT2D eigenvalue weighted by Gasteiger charge is -2.08. The van der Waals surface area contributed by atoms with Gasteiger partial charge in [-0.2, -0.15) is 0 Å². The summed E-state index contributed by atoms with van der Waals surface area (Å²) >= 11 is 3.47. The lowest BCUT2D eigenvalue weighted by Crippen LogP contribution is -1.93. The van der Waals surface area contributed by atoms with Gasteiger partial charge in [0.1, 0.15) is 0 Å². The molecule has 94 valence electrons. The van der Waals surface area contributed by atoms with Gasteiger partial charge in [-0.3, -0.25) is 4.98 Å². The molecule has 19 heavy (non-hydrogen) atoms. The van der Waals surface area contributed by atoms with E-state index in [-0.39, 0.29) is 0 Å². The first-order chi connectivity index (χ1) is 9.22. The lowest BCUT2D eigenvalue weighted by atomic mass is 9.98. The summed E-state index contributed by atoms with van der Waals surface area (Å²) in [6.45, 7) is 2.16. The fourth-order valence-corrected chi connectivity index (χ4v) is 2.55. The lowest BCUT2D eigenvalue weighted by molar-refractivity contribution is 1.16. The summed E-state index contributed by atoms with van der Waals surface area (Å²) in [5.41, 5.74) is 5.06. The molecule has 3 aromatic rings. The SMILES string of the molecule is Cc1cc2ncccc2cc1Cc1ccc(Br)cc1. The summed E-state index contributed by atoms with van der Waals surface area (Å²) in [6, 6.07) is 17.0. The van der Waals surface area contributed by atoms with Crippen LogP contribution in [0.25, 0.3) is 10.9 Å². The molecule has 0 unspecified atom stereocenters. The molecule has 0 amide bonds. The van der Waals surface area contributed by atoms with E-state index in [1.165, 1.54) is 22.1 Å². The molecule has 3 rings (SSSR count). The molecule has 0 aliphatic rings. The fraction of sp³-hybridized carbons (Fsp3) is 0.118. The highest BCUT2D eigenvalue weighted by Crippen LogP contribution is 2.21. The van der Waals surface area contributed by atoms with Crippen LogP contribution in [0, 0.1) is 6.92 Å². The highest BCUT2D eigenvalue weighted by Gasteiger charge is 2.03. The van der Waals surface area contributed by atoms with Gasteiger partial charge in [-0.05, 0) is 60.4 Å². The van der Waals surface area contributed by atoms with Crippen LogP contribution in [0.5, 0.6) is 0 Å². The minimum Gasteiger partial charge on any atom is -0.256 e. The first-order valence-corrected chi connectivity index (χ1v) is 7.10. The first kappa shape index (κ1) is 12.4. The van der Waals surface area contributed by atoms with Gasteiger partial charge in [0.2, 0.25) is 0 Å². The third kappa shape index (κ3) is 2.69. The standard InChI is InChI=1S/C17H14BrN/c1-12-9-17-14(3-2-8-19-17)11-15(12)10-13-4-6-16(18)7-5-13/h2-9,11H,10H2,1H3. The van der Waals surface area contributed by atoms with E-state index < -0.39 is 0 Å². The second-order valence-corrected chi connectivity index (χ2v) is 5.69. The Bertz CT molecular complexity index is 717. The topological polar surface area (TPSA) is 12.9 Å². The van der Waals surface area contributed by atoms with Gasteiger partial charge in [-0.15, -0.1) is 0 Å². The number of fused-ring (bicyclic) bond motifs is 1. The summed E-state index contributed by atoms with van der Waals surface area (Å²) in [4.78, 5) is 4.40. The van der Waals surface area contributed by atoms with Gasteiger partial charge in [0.25, 0.3) is 0 Å². The van der Waals surface area contributed by atoms with Gasteiger partial charge in [0.05, 0.1) is 5.52 Å². The number of benzene rings is 2. The monoisotopic (exact) mass is 311 g/mol. The minimum atomic E-state index is 0.962. The van der Waals surface area contributed by atoms with Gasteiger partial charge < -0.3 is 0 Å². The van der Waals surface area contributed by atoms with Gasteiger partial charge in [0, 0.05) is 16.1 Å². The van der Waals surface area contributed by atoms with Crippen LogP contribution in [-0.2, 0) is 6.42 Å². The van der Waals surface area contributed by atoms with Crippen LogP contribution in [0.2, 0.25) is 0 Å². The highest BCUT2D eigenvalue weighted by molar-refractivity contribution is 9.10. The van der Waals surface area contributed by atoms with Crippen molar-refractivity contribution in [1.82, 2.24) is 4.98 Å². The van der Waals surface area contributed by atoms with Crippen molar-refractivity contribution < 1.29 is 0 Å². The summed E-state index contributed by atoms with van der Waals surface area (Å²) in [5.74, 6) is 0. The molecule has 1 heterocycles. The van der Waals surface area contributed by atoms with Gasteiger partial charge in [-0.25, -0.2) is 0 Å². The van der Waals surface area contributed by atoms with E-state index in [2.05, 4.69) is 70.3 Å². The number of aromatic nitrogens is 1. The molecule has 0 N–H and O–H groups in total. The molecule has 0 atom stereocenters. The number of hydrogen-bond acceptors (Lipinski definition) is 1. The Kier molecular flexibility index (Phi) is 3.34. The van der Waals surface area contributed by atoms with Crippen molar-refractivity contribution in [2.24, 2.45) is 0 Å². The van der Waals surface area contributed by atoms with E-state index in [4.69, 9.17) is 0 Å². The van der Waals surface area contributed by atoms with Crippen LogP contribution in [0.1, 0.15) is 16.7 Å². The van der Waals surface area contributed by atoms with Crippen molar-refractivity contribution in [3.63, 3.8) is 0 Å². The Labute approximate surface area is 121 Å². The second kappa shape index (κ2) is 5.14. The second-order valence-electron chi connectivity index (χ2n) is 4.78. The van der Waals surface area contributed by atoms with Gasteiger partial charge in [-0.1, -0.05) is 34.1 Å². The Morgan fingerprint density at radius 3 is 2.63 bits per heavy atom. The molecule has 2 heteroatoms. The maximum Gasteiger partial charge on any atom is 0.0704 e. The van der Waals surface area contributed by atoms with E-state index in [9.17, 15) is 0 Å². The Morgan fingerprint density at radius 1 is 1.05 bits per heavy atom. The van der Waals surface area contributed by atoms with Crippen LogP contribution < -0.4 is 0 Å². The number of aryl methyl sites for hydroxylation is 1. The zero-order valence-corrected chi connectivity index (χ0v) is 12.3. The number of rotatable bonds is 2. The quantitative estimate of drug-likeness (QED) is 0.656. The van der Waals surface area contributed by atoms with Crippen molar-refractivity contribution in [3.05, 3.63) is 75.9 Å². The van der Waals surface area contributed by atoms with E-state index in [1.54, 1.807) is 0 Å². The molecule has 0 bridgehead atoms. The fourth-order valence-electron chi connectivity index (χ4n) is 2.28. The minimum absolute atomic E-state index is 0.962. The van der Waals surface area contributed by atoms with Crippen molar-refractivity contribution >= 4 is 26.8 Å². The Hall–Kier alpha value is -1.67. The average Bonchev–Trinajstić information content (AvgIpc) is 2.42. The molecule has 1 nitrogen and oxygen atoms in total. The zero-order valence-electron chi connectivity index (χ0n) is 10.7. The van der Waals surface area contributed by atoms with Crippen LogP contribution in [0.4, 0.5) is 0 Å². The number of nitrogens with zero attached hydrogens (tertiary/aromatic N) is 1. The summed E-state index contributed by atoms with van der Waals surface area (Å²) in [6.07, 6.45) is 2.81. The zero-order chi connectivity index (χ0) is 13.2. The molecule has 0 fully saturated rings. The molecule has 1 aromatic heterocycles. The largest absolute Gasteiger partial charge is 0.256 e. The van der Waals surface area contributed by atoms with Crippen LogP contribution in [0.15, 0.2) is 59.2 Å². The normalized spacial score (nSPS) is 10.8. The summed E-state index contributed by atoms with van der Waals surface area (Å²) < 4.78 is 1.12. The Balaban J connectivity index is 2.00. The number of hydrogen-bond donors (Lipinski definition) is 0. The van der Waals surface area contributed by atoms with Crippen LogP contribution in [-0.4, -0.2) is 4.98 Å². The molecule has 0 spiro atoms. The summed E-state index contributed by atoms with van der Waals surface area (Å²) in [7, 11) is 0. The molecule has 2 aromatic carbocycles. The average molecular weight is 312 g/mol. The maximum atomic E-state index is 4.40. The predicted molar refractivity (Wildman–Crippen MR) is 83.4 cm³/mol. The summed E-state index contributed by atoms with van der Waals surface area (Å²) in [5, 5.41) is 1.21.